The molecule has 0 aromatic heterocycles. The zero-order valence-corrected chi connectivity index (χ0v) is 11.1. The molecule has 1 aliphatic carbocycles. The highest BCUT2D eigenvalue weighted by Gasteiger charge is 2.26. The zero-order chi connectivity index (χ0) is 12.3. The topological polar surface area (TPSA) is 17.1 Å². The summed E-state index contributed by atoms with van der Waals surface area (Å²) >= 11 is 0. The van der Waals surface area contributed by atoms with E-state index in [1.54, 1.807) is 0 Å². The lowest BCUT2D eigenvalue weighted by molar-refractivity contribution is -0.119. The maximum atomic E-state index is 12.2. The molecule has 1 unspecified atom stereocenters. The van der Waals surface area contributed by atoms with Gasteiger partial charge >= 0.3 is 0 Å². The van der Waals surface area contributed by atoms with Crippen molar-refractivity contribution in [2.45, 2.75) is 53.4 Å². The summed E-state index contributed by atoms with van der Waals surface area (Å²) in [6, 6.07) is 0. The van der Waals surface area contributed by atoms with Crippen molar-refractivity contribution in [3.63, 3.8) is 0 Å². The van der Waals surface area contributed by atoms with E-state index in [9.17, 15) is 4.79 Å². The second-order valence-electron chi connectivity index (χ2n) is 5.42. The maximum absolute atomic E-state index is 12.2. The van der Waals surface area contributed by atoms with E-state index in [4.69, 9.17) is 0 Å². The van der Waals surface area contributed by atoms with Gasteiger partial charge < -0.3 is 0 Å². The molecule has 0 heterocycles. The van der Waals surface area contributed by atoms with Gasteiger partial charge in [-0.2, -0.15) is 0 Å². The fraction of sp³-hybridized carbons (Fsp3) is 0.667. The van der Waals surface area contributed by atoms with Crippen LogP contribution in [0.1, 0.15) is 53.4 Å². The Balaban J connectivity index is 2.91. The van der Waals surface area contributed by atoms with Gasteiger partial charge in [0.1, 0.15) is 0 Å². The van der Waals surface area contributed by atoms with Crippen molar-refractivity contribution in [3.8, 4) is 0 Å². The molecular weight excluding hydrogens is 196 g/mol. The quantitative estimate of drug-likeness (QED) is 0.646. The predicted octanol–water partition coefficient (Wildman–Crippen LogP) is 4.29. The number of carbonyl (C=O) groups excluding carboxylic acids is 1. The molecule has 0 saturated carbocycles. The van der Waals surface area contributed by atoms with Crippen LogP contribution in [0.2, 0.25) is 0 Å². The molecule has 0 bridgehead atoms. The summed E-state index contributed by atoms with van der Waals surface area (Å²) < 4.78 is 0. The summed E-state index contributed by atoms with van der Waals surface area (Å²) in [5.74, 6) is 1.12. The summed E-state index contributed by atoms with van der Waals surface area (Å²) in [7, 11) is 0. The normalized spacial score (nSPS) is 21.8. The first-order chi connectivity index (χ1) is 7.43. The second-order valence-corrected chi connectivity index (χ2v) is 5.42. The largest absolute Gasteiger partial charge is 0.294 e. The Bertz CT molecular complexity index is 320. The van der Waals surface area contributed by atoms with Gasteiger partial charge in [-0.05, 0) is 44.1 Å². The van der Waals surface area contributed by atoms with Crippen molar-refractivity contribution in [2.24, 2.45) is 11.8 Å². The fourth-order valence-corrected chi connectivity index (χ4v) is 2.37. The zero-order valence-electron chi connectivity index (χ0n) is 11.1. The number of Topliss-reactive ketones (excluding diaryl/α,β-unsaturated/α-hetero) is 1. The average molecular weight is 220 g/mol. The number of hydrogen-bond acceptors (Lipinski definition) is 1. The van der Waals surface area contributed by atoms with Gasteiger partial charge in [-0.1, -0.05) is 31.9 Å². The number of hydrogen-bond donors (Lipinski definition) is 0. The molecule has 0 aromatic carbocycles. The van der Waals surface area contributed by atoms with Crippen LogP contribution in [0, 0.1) is 11.8 Å². The predicted molar refractivity (Wildman–Crippen MR) is 69.3 cm³/mol. The van der Waals surface area contributed by atoms with Crippen LogP contribution in [0.5, 0.6) is 0 Å². The van der Waals surface area contributed by atoms with E-state index >= 15 is 0 Å². The lowest BCUT2D eigenvalue weighted by Crippen LogP contribution is -2.22. The van der Waals surface area contributed by atoms with Gasteiger partial charge in [0.2, 0.25) is 0 Å². The molecule has 0 fully saturated rings. The lowest BCUT2D eigenvalue weighted by atomic mass is 9.78. The minimum Gasteiger partial charge on any atom is -0.294 e. The van der Waals surface area contributed by atoms with Crippen molar-refractivity contribution in [3.05, 3.63) is 23.3 Å². The van der Waals surface area contributed by atoms with Crippen molar-refractivity contribution in [1.29, 1.82) is 0 Å². The summed E-state index contributed by atoms with van der Waals surface area (Å²) in [5, 5.41) is 0. The van der Waals surface area contributed by atoms with Crippen LogP contribution in [-0.4, -0.2) is 5.78 Å². The Hall–Kier alpha value is -0.850. The number of carbonyl (C=O) groups is 1. The van der Waals surface area contributed by atoms with Gasteiger partial charge in [0.25, 0.3) is 0 Å². The summed E-state index contributed by atoms with van der Waals surface area (Å²) in [5.41, 5.74) is 3.67. The van der Waals surface area contributed by atoms with E-state index in [1.165, 1.54) is 11.1 Å². The van der Waals surface area contributed by atoms with Crippen LogP contribution in [-0.2, 0) is 4.79 Å². The standard InChI is InChI=1S/C15H24O/c1-10(2)6-8-14-13(11(3)4)9-7-12(5)15(14)16/h11-12H,1,6-9H2,2-5H3. The Morgan fingerprint density at radius 1 is 1.50 bits per heavy atom. The average Bonchev–Trinajstić information content (AvgIpc) is 2.19. The summed E-state index contributed by atoms with van der Waals surface area (Å²) in [6.07, 6.45) is 3.98. The van der Waals surface area contributed by atoms with Crippen LogP contribution < -0.4 is 0 Å². The van der Waals surface area contributed by atoms with E-state index < -0.39 is 0 Å². The smallest absolute Gasteiger partial charge is 0.161 e. The molecule has 0 N–H and O–H groups in total. The van der Waals surface area contributed by atoms with Crippen LogP contribution in [0.15, 0.2) is 23.3 Å². The molecule has 0 spiro atoms. The van der Waals surface area contributed by atoms with Crippen LogP contribution in [0.3, 0.4) is 0 Å². The first-order valence-electron chi connectivity index (χ1n) is 6.34. The van der Waals surface area contributed by atoms with Crippen LogP contribution in [0.25, 0.3) is 0 Å². The van der Waals surface area contributed by atoms with E-state index in [0.717, 1.165) is 31.3 Å². The van der Waals surface area contributed by atoms with Crippen molar-refractivity contribution < 1.29 is 4.79 Å². The van der Waals surface area contributed by atoms with Gasteiger partial charge in [-0.25, -0.2) is 0 Å². The molecule has 0 saturated heterocycles. The highest BCUT2D eigenvalue weighted by molar-refractivity contribution is 5.98. The third-order valence-electron chi connectivity index (χ3n) is 3.48. The van der Waals surface area contributed by atoms with Crippen molar-refractivity contribution in [2.75, 3.05) is 0 Å². The first kappa shape index (κ1) is 13.2. The van der Waals surface area contributed by atoms with Gasteiger partial charge in [0.05, 0.1) is 0 Å². The number of allylic oxidation sites excluding steroid dienone is 3. The van der Waals surface area contributed by atoms with Crippen LogP contribution in [0.4, 0.5) is 0 Å². The molecule has 1 heteroatoms. The van der Waals surface area contributed by atoms with Gasteiger partial charge in [-0.15, -0.1) is 6.58 Å². The Morgan fingerprint density at radius 2 is 2.12 bits per heavy atom. The molecule has 90 valence electrons. The third kappa shape index (κ3) is 3.07. The van der Waals surface area contributed by atoms with Crippen LogP contribution >= 0.6 is 0 Å². The third-order valence-corrected chi connectivity index (χ3v) is 3.48. The molecule has 16 heavy (non-hydrogen) atoms. The molecule has 0 aliphatic heterocycles. The maximum Gasteiger partial charge on any atom is 0.161 e. The van der Waals surface area contributed by atoms with Crippen molar-refractivity contribution in [1.82, 2.24) is 0 Å². The molecule has 0 aromatic rings. The van der Waals surface area contributed by atoms with E-state index in [0.29, 0.717) is 11.7 Å². The molecular formula is C15H24O. The second kappa shape index (κ2) is 5.47. The molecule has 1 rings (SSSR count). The van der Waals surface area contributed by atoms with E-state index in [2.05, 4.69) is 27.4 Å². The molecule has 0 radical (unpaired) electrons. The number of rotatable bonds is 4. The highest BCUT2D eigenvalue weighted by Crippen LogP contribution is 2.33. The molecule has 0 amide bonds. The molecule has 1 aliphatic rings. The fourth-order valence-electron chi connectivity index (χ4n) is 2.37. The van der Waals surface area contributed by atoms with Gasteiger partial charge in [0.15, 0.2) is 5.78 Å². The minimum absolute atomic E-state index is 0.225. The molecule has 1 atom stereocenters. The highest BCUT2D eigenvalue weighted by atomic mass is 16.1. The summed E-state index contributed by atoms with van der Waals surface area (Å²) in [4.78, 5) is 12.2. The van der Waals surface area contributed by atoms with Gasteiger partial charge in [0, 0.05) is 5.92 Å². The first-order valence-corrected chi connectivity index (χ1v) is 6.34. The monoisotopic (exact) mass is 220 g/mol. The number of ketones is 1. The van der Waals surface area contributed by atoms with E-state index in [1.807, 2.05) is 6.92 Å². The Morgan fingerprint density at radius 3 is 2.62 bits per heavy atom. The minimum atomic E-state index is 0.225. The van der Waals surface area contributed by atoms with E-state index in [-0.39, 0.29) is 5.92 Å². The SMILES string of the molecule is C=C(C)CCC1=C(C(C)C)CCC(C)C1=O. The Kier molecular flexibility index (Phi) is 4.52. The van der Waals surface area contributed by atoms with Gasteiger partial charge in [-0.3, -0.25) is 4.79 Å². The molecule has 1 nitrogen and oxygen atoms in total. The Labute approximate surface area is 99.6 Å². The van der Waals surface area contributed by atoms with Crippen molar-refractivity contribution >= 4 is 5.78 Å². The summed E-state index contributed by atoms with van der Waals surface area (Å²) in [6.45, 7) is 12.4. The lowest BCUT2D eigenvalue weighted by Gasteiger charge is -2.26.